The normalized spacial score (nSPS) is 17.7. The minimum absolute atomic E-state index is 0.0301. The van der Waals surface area contributed by atoms with Crippen molar-refractivity contribution in [3.63, 3.8) is 0 Å². The number of amides is 2. The summed E-state index contributed by atoms with van der Waals surface area (Å²) in [6, 6.07) is 9.63. The summed E-state index contributed by atoms with van der Waals surface area (Å²) in [6.45, 7) is 4.85. The largest absolute Gasteiger partial charge is 0.361 e. The molecule has 0 saturated carbocycles. The van der Waals surface area contributed by atoms with E-state index >= 15 is 0 Å². The fourth-order valence-electron chi connectivity index (χ4n) is 3.73. The molecule has 0 aliphatic carbocycles. The van der Waals surface area contributed by atoms with Crippen LogP contribution in [-0.2, 0) is 11.3 Å². The molecule has 7 nitrogen and oxygen atoms in total. The summed E-state index contributed by atoms with van der Waals surface area (Å²) in [5.41, 5.74) is 3.27. The quantitative estimate of drug-likeness (QED) is 0.728. The average molecular weight is 380 g/mol. The fraction of sp³-hybridized carbons (Fsp3) is 0.381. The Bertz CT molecular complexity index is 967. The van der Waals surface area contributed by atoms with E-state index in [1.54, 1.807) is 0 Å². The van der Waals surface area contributed by atoms with Crippen molar-refractivity contribution in [3.05, 3.63) is 53.0 Å². The maximum atomic E-state index is 12.6. The monoisotopic (exact) mass is 380 g/mol. The Balaban J connectivity index is 1.40. The van der Waals surface area contributed by atoms with Gasteiger partial charge in [0, 0.05) is 35.5 Å². The van der Waals surface area contributed by atoms with Crippen molar-refractivity contribution in [2.75, 3.05) is 6.54 Å². The number of benzene rings is 1. The van der Waals surface area contributed by atoms with Crippen LogP contribution in [0.4, 0.5) is 0 Å². The SMILES string of the molecule is Cc1noc(C)c1CN1CCC(NC(=O)c2cc3ccccc3[nH]2)CCC1=O. The van der Waals surface area contributed by atoms with Gasteiger partial charge in [-0.1, -0.05) is 23.4 Å². The van der Waals surface area contributed by atoms with Crippen molar-refractivity contribution in [1.29, 1.82) is 0 Å². The first-order valence-electron chi connectivity index (χ1n) is 9.59. The van der Waals surface area contributed by atoms with Gasteiger partial charge in [-0.05, 0) is 38.8 Å². The molecule has 3 heterocycles. The number of likely N-dealkylation sites (tertiary alicyclic amines) is 1. The highest BCUT2D eigenvalue weighted by atomic mass is 16.5. The van der Waals surface area contributed by atoms with E-state index in [-0.39, 0.29) is 17.9 Å². The lowest BCUT2D eigenvalue weighted by molar-refractivity contribution is -0.131. The van der Waals surface area contributed by atoms with Gasteiger partial charge < -0.3 is 19.7 Å². The highest BCUT2D eigenvalue weighted by Gasteiger charge is 2.25. The molecule has 2 amide bonds. The molecule has 1 aromatic carbocycles. The third-order valence-electron chi connectivity index (χ3n) is 5.45. The fourth-order valence-corrected chi connectivity index (χ4v) is 3.73. The van der Waals surface area contributed by atoms with Gasteiger partial charge in [0.15, 0.2) is 0 Å². The molecule has 1 fully saturated rings. The summed E-state index contributed by atoms with van der Waals surface area (Å²) in [7, 11) is 0. The number of aromatic nitrogens is 2. The molecule has 2 N–H and O–H groups in total. The number of fused-ring (bicyclic) bond motifs is 1. The molecule has 146 valence electrons. The van der Waals surface area contributed by atoms with Crippen molar-refractivity contribution >= 4 is 22.7 Å². The number of hydrogen-bond donors (Lipinski definition) is 2. The van der Waals surface area contributed by atoms with Crippen LogP contribution in [0.3, 0.4) is 0 Å². The third-order valence-corrected chi connectivity index (χ3v) is 5.45. The van der Waals surface area contributed by atoms with E-state index in [0.29, 0.717) is 31.6 Å². The van der Waals surface area contributed by atoms with Crippen molar-refractivity contribution in [1.82, 2.24) is 20.4 Å². The van der Waals surface area contributed by atoms with Gasteiger partial charge in [0.25, 0.3) is 5.91 Å². The second-order valence-corrected chi connectivity index (χ2v) is 7.39. The van der Waals surface area contributed by atoms with Gasteiger partial charge in [0.2, 0.25) is 5.91 Å². The standard InChI is InChI=1S/C21H24N4O3/c1-13-17(14(2)28-24-13)12-25-10-9-16(7-8-20(25)26)22-21(27)19-11-15-5-3-4-6-18(15)23-19/h3-6,11,16,23H,7-10,12H2,1-2H3,(H,22,27). The first-order valence-corrected chi connectivity index (χ1v) is 9.59. The lowest BCUT2D eigenvalue weighted by Gasteiger charge is -2.21. The summed E-state index contributed by atoms with van der Waals surface area (Å²) in [5.74, 6) is 0.716. The lowest BCUT2D eigenvalue weighted by Crippen LogP contribution is -2.36. The zero-order valence-electron chi connectivity index (χ0n) is 16.1. The van der Waals surface area contributed by atoms with Gasteiger partial charge in [0.1, 0.15) is 11.5 Å². The molecule has 28 heavy (non-hydrogen) atoms. The zero-order valence-corrected chi connectivity index (χ0v) is 16.1. The van der Waals surface area contributed by atoms with Crippen LogP contribution >= 0.6 is 0 Å². The molecule has 0 spiro atoms. The Hall–Kier alpha value is -3.09. The van der Waals surface area contributed by atoms with Crippen LogP contribution in [-0.4, -0.2) is 39.4 Å². The van der Waals surface area contributed by atoms with E-state index in [1.807, 2.05) is 49.1 Å². The van der Waals surface area contributed by atoms with Crippen molar-refractivity contribution < 1.29 is 14.1 Å². The molecule has 2 aromatic heterocycles. The highest BCUT2D eigenvalue weighted by molar-refractivity contribution is 5.98. The smallest absolute Gasteiger partial charge is 0.267 e. The molecule has 1 saturated heterocycles. The molecule has 7 heteroatoms. The van der Waals surface area contributed by atoms with Crippen LogP contribution in [0.15, 0.2) is 34.9 Å². The second kappa shape index (κ2) is 7.50. The maximum Gasteiger partial charge on any atom is 0.267 e. The molecule has 1 atom stereocenters. The highest BCUT2D eigenvalue weighted by Crippen LogP contribution is 2.20. The number of aromatic amines is 1. The first-order chi connectivity index (χ1) is 13.5. The Morgan fingerprint density at radius 2 is 2.14 bits per heavy atom. The zero-order chi connectivity index (χ0) is 19.7. The number of hydrogen-bond acceptors (Lipinski definition) is 4. The van der Waals surface area contributed by atoms with Crippen LogP contribution in [0.2, 0.25) is 0 Å². The summed E-state index contributed by atoms with van der Waals surface area (Å²) in [4.78, 5) is 30.2. The molecule has 1 unspecified atom stereocenters. The Morgan fingerprint density at radius 3 is 2.89 bits per heavy atom. The van der Waals surface area contributed by atoms with E-state index in [2.05, 4.69) is 15.5 Å². The van der Waals surface area contributed by atoms with Crippen LogP contribution in [0.25, 0.3) is 10.9 Å². The summed E-state index contributed by atoms with van der Waals surface area (Å²) >= 11 is 0. The number of H-pyrrole nitrogens is 1. The van der Waals surface area contributed by atoms with Gasteiger partial charge in [-0.2, -0.15) is 0 Å². The molecular formula is C21H24N4O3. The van der Waals surface area contributed by atoms with Crippen molar-refractivity contribution in [2.45, 2.75) is 45.7 Å². The van der Waals surface area contributed by atoms with Crippen LogP contribution in [0, 0.1) is 13.8 Å². The molecule has 0 bridgehead atoms. The van der Waals surface area contributed by atoms with E-state index in [0.717, 1.165) is 34.3 Å². The number of carbonyl (C=O) groups is 2. The lowest BCUT2D eigenvalue weighted by atomic mass is 10.1. The van der Waals surface area contributed by atoms with Crippen LogP contribution in [0.1, 0.15) is 46.8 Å². The Kier molecular flexibility index (Phi) is 4.90. The third kappa shape index (κ3) is 3.65. The molecular weight excluding hydrogens is 356 g/mol. The average Bonchev–Trinajstić information content (AvgIpc) is 3.21. The van der Waals surface area contributed by atoms with E-state index in [4.69, 9.17) is 4.52 Å². The predicted molar refractivity (Wildman–Crippen MR) is 105 cm³/mol. The van der Waals surface area contributed by atoms with Gasteiger partial charge in [-0.3, -0.25) is 9.59 Å². The van der Waals surface area contributed by atoms with E-state index in [9.17, 15) is 9.59 Å². The van der Waals surface area contributed by atoms with E-state index < -0.39 is 0 Å². The van der Waals surface area contributed by atoms with Gasteiger partial charge >= 0.3 is 0 Å². The Morgan fingerprint density at radius 1 is 1.32 bits per heavy atom. The second-order valence-electron chi connectivity index (χ2n) is 7.39. The van der Waals surface area contributed by atoms with Crippen molar-refractivity contribution in [3.8, 4) is 0 Å². The molecule has 1 aliphatic rings. The maximum absolute atomic E-state index is 12.6. The van der Waals surface area contributed by atoms with Gasteiger partial charge in [-0.25, -0.2) is 0 Å². The predicted octanol–water partition coefficient (Wildman–Crippen LogP) is 3.08. The minimum atomic E-state index is -0.132. The Labute approximate surface area is 163 Å². The number of para-hydroxylation sites is 1. The number of carbonyl (C=O) groups excluding carboxylic acids is 2. The van der Waals surface area contributed by atoms with Gasteiger partial charge in [0.05, 0.1) is 12.2 Å². The van der Waals surface area contributed by atoms with Crippen LogP contribution in [0.5, 0.6) is 0 Å². The van der Waals surface area contributed by atoms with E-state index in [1.165, 1.54) is 0 Å². The minimum Gasteiger partial charge on any atom is -0.361 e. The molecule has 1 aliphatic heterocycles. The number of aryl methyl sites for hydroxylation is 2. The molecule has 4 rings (SSSR count). The van der Waals surface area contributed by atoms with Gasteiger partial charge in [-0.15, -0.1) is 0 Å². The number of nitrogens with one attached hydrogen (secondary N) is 2. The number of nitrogens with zero attached hydrogens (tertiary/aromatic N) is 2. The number of rotatable bonds is 4. The molecule has 0 radical (unpaired) electrons. The topological polar surface area (TPSA) is 91.2 Å². The van der Waals surface area contributed by atoms with Crippen molar-refractivity contribution in [2.24, 2.45) is 0 Å². The first kappa shape index (κ1) is 18.3. The van der Waals surface area contributed by atoms with Crippen LogP contribution < -0.4 is 5.32 Å². The molecule has 3 aromatic rings. The summed E-state index contributed by atoms with van der Waals surface area (Å²) in [5, 5.41) is 8.05. The summed E-state index contributed by atoms with van der Waals surface area (Å²) in [6.07, 6.45) is 1.78. The summed E-state index contributed by atoms with van der Waals surface area (Å²) < 4.78 is 5.20.